The first-order valence-electron chi connectivity index (χ1n) is 8.54. The molecule has 1 aromatic carbocycles. The van der Waals surface area contributed by atoms with Crippen molar-refractivity contribution >= 4 is 22.7 Å². The lowest BCUT2D eigenvalue weighted by atomic mass is 9.81. The Bertz CT molecular complexity index is 870. The van der Waals surface area contributed by atoms with Gasteiger partial charge < -0.3 is 15.7 Å². The molecule has 1 fully saturated rings. The molecule has 0 saturated carbocycles. The van der Waals surface area contributed by atoms with E-state index in [4.69, 9.17) is 5.73 Å². The summed E-state index contributed by atoms with van der Waals surface area (Å²) in [6.45, 7) is 1.80. The molecule has 2 atom stereocenters. The van der Waals surface area contributed by atoms with Crippen LogP contribution in [0, 0.1) is 5.92 Å². The van der Waals surface area contributed by atoms with E-state index in [1.807, 2.05) is 12.1 Å². The fourth-order valence-corrected chi connectivity index (χ4v) is 3.74. The molecule has 0 spiro atoms. The van der Waals surface area contributed by atoms with Crippen LogP contribution in [0.5, 0.6) is 0 Å². The zero-order chi connectivity index (χ0) is 17.2. The van der Waals surface area contributed by atoms with Crippen molar-refractivity contribution in [2.24, 2.45) is 5.92 Å². The minimum Gasteiger partial charge on any atom is -0.396 e. The smallest absolute Gasteiger partial charge is 0.166 e. The van der Waals surface area contributed by atoms with Gasteiger partial charge in [0.05, 0.1) is 5.39 Å². The van der Waals surface area contributed by atoms with Crippen LogP contribution in [0.25, 0.3) is 11.0 Å². The molecule has 0 unspecified atom stereocenters. The molecule has 0 radical (unpaired) electrons. The second-order valence-corrected chi connectivity index (χ2v) is 6.50. The SMILES string of the molecule is Nc1ccc2c(N3CC[C@@H](c4ccccc4)[C@@H](CO)C3)ncnc2n1. The number of nitrogens with zero attached hydrogens (tertiary/aromatic N) is 4. The highest BCUT2D eigenvalue weighted by Gasteiger charge is 2.31. The Hall–Kier alpha value is -2.73. The molecule has 3 aromatic rings. The van der Waals surface area contributed by atoms with Crippen LogP contribution >= 0.6 is 0 Å². The third-order valence-corrected chi connectivity index (χ3v) is 4.99. The van der Waals surface area contributed by atoms with E-state index < -0.39 is 0 Å². The topological polar surface area (TPSA) is 88.2 Å². The van der Waals surface area contributed by atoms with Crippen molar-refractivity contribution in [2.75, 3.05) is 30.3 Å². The van der Waals surface area contributed by atoms with Crippen molar-refractivity contribution in [3.05, 3.63) is 54.4 Å². The number of nitrogens with two attached hydrogens (primary N) is 1. The number of aliphatic hydroxyl groups excluding tert-OH is 1. The lowest BCUT2D eigenvalue weighted by molar-refractivity contribution is 0.189. The molecule has 25 heavy (non-hydrogen) atoms. The second kappa shape index (κ2) is 6.64. The van der Waals surface area contributed by atoms with Crippen LogP contribution in [0.15, 0.2) is 48.8 Å². The van der Waals surface area contributed by atoms with E-state index in [2.05, 4.69) is 44.1 Å². The Kier molecular flexibility index (Phi) is 4.19. The molecule has 3 N–H and O–H groups in total. The van der Waals surface area contributed by atoms with Gasteiger partial charge in [0.15, 0.2) is 5.65 Å². The largest absolute Gasteiger partial charge is 0.396 e. The summed E-state index contributed by atoms with van der Waals surface area (Å²) in [6.07, 6.45) is 2.50. The van der Waals surface area contributed by atoms with Crippen LogP contribution in [0.1, 0.15) is 17.9 Å². The fraction of sp³-hybridized carbons (Fsp3) is 0.316. The third kappa shape index (κ3) is 3.00. The summed E-state index contributed by atoms with van der Waals surface area (Å²) in [4.78, 5) is 15.2. The maximum absolute atomic E-state index is 9.95. The minimum atomic E-state index is 0.157. The Labute approximate surface area is 146 Å². The van der Waals surface area contributed by atoms with E-state index in [0.717, 1.165) is 30.7 Å². The number of benzene rings is 1. The summed E-state index contributed by atoms with van der Waals surface area (Å²) in [6, 6.07) is 14.1. The van der Waals surface area contributed by atoms with E-state index in [-0.39, 0.29) is 12.5 Å². The Balaban J connectivity index is 1.64. The maximum atomic E-state index is 9.95. The average Bonchev–Trinajstić information content (AvgIpc) is 2.67. The van der Waals surface area contributed by atoms with Gasteiger partial charge in [-0.2, -0.15) is 0 Å². The Morgan fingerprint density at radius 2 is 1.96 bits per heavy atom. The molecule has 0 aliphatic carbocycles. The molecule has 0 amide bonds. The molecule has 2 aromatic heterocycles. The third-order valence-electron chi connectivity index (χ3n) is 4.99. The number of nitrogen functional groups attached to an aromatic ring is 1. The maximum Gasteiger partial charge on any atom is 0.166 e. The molecule has 1 aliphatic rings. The van der Waals surface area contributed by atoms with Crippen LogP contribution in [0.4, 0.5) is 11.6 Å². The van der Waals surface area contributed by atoms with Gasteiger partial charge in [-0.3, -0.25) is 0 Å². The van der Waals surface area contributed by atoms with Crippen LogP contribution < -0.4 is 10.6 Å². The van der Waals surface area contributed by atoms with Gasteiger partial charge in [-0.05, 0) is 30.0 Å². The molecule has 128 valence electrons. The molecule has 6 heteroatoms. The highest BCUT2D eigenvalue weighted by atomic mass is 16.3. The summed E-state index contributed by atoms with van der Waals surface area (Å²) in [5.74, 6) is 1.85. The van der Waals surface area contributed by atoms with Gasteiger partial charge in [-0.1, -0.05) is 30.3 Å². The van der Waals surface area contributed by atoms with Crippen LogP contribution in [-0.2, 0) is 0 Å². The zero-order valence-electron chi connectivity index (χ0n) is 13.9. The van der Waals surface area contributed by atoms with Gasteiger partial charge in [-0.15, -0.1) is 0 Å². The standard InChI is InChI=1S/C19H21N5O/c20-17-7-6-16-18(23-17)21-12-22-19(16)24-9-8-15(14(10-24)11-25)13-4-2-1-3-5-13/h1-7,12,14-15,25H,8-11H2,(H2,20,21,22,23)/t14-,15+/m1/s1. The van der Waals surface area contributed by atoms with E-state index in [1.54, 1.807) is 6.07 Å². The highest BCUT2D eigenvalue weighted by Crippen LogP contribution is 2.35. The average molecular weight is 335 g/mol. The summed E-state index contributed by atoms with van der Waals surface area (Å²) in [5, 5.41) is 10.8. The first kappa shape index (κ1) is 15.8. The zero-order valence-corrected chi connectivity index (χ0v) is 13.9. The van der Waals surface area contributed by atoms with E-state index >= 15 is 0 Å². The van der Waals surface area contributed by atoms with Gasteiger partial charge in [-0.25, -0.2) is 15.0 Å². The van der Waals surface area contributed by atoms with E-state index in [9.17, 15) is 5.11 Å². The summed E-state index contributed by atoms with van der Waals surface area (Å²) in [5.41, 5.74) is 7.66. The van der Waals surface area contributed by atoms with Gasteiger partial charge in [0.25, 0.3) is 0 Å². The number of piperidine rings is 1. The number of hydrogen-bond acceptors (Lipinski definition) is 6. The fourth-order valence-electron chi connectivity index (χ4n) is 3.74. The number of hydrogen-bond donors (Lipinski definition) is 2. The van der Waals surface area contributed by atoms with Crippen LogP contribution in [0.3, 0.4) is 0 Å². The first-order valence-corrected chi connectivity index (χ1v) is 8.54. The second-order valence-electron chi connectivity index (χ2n) is 6.50. The van der Waals surface area contributed by atoms with Crippen LogP contribution in [-0.4, -0.2) is 39.8 Å². The van der Waals surface area contributed by atoms with Crippen molar-refractivity contribution in [3.8, 4) is 0 Å². The summed E-state index contributed by atoms with van der Waals surface area (Å²) < 4.78 is 0. The van der Waals surface area contributed by atoms with Gasteiger partial charge in [0.2, 0.25) is 0 Å². The van der Waals surface area contributed by atoms with E-state index in [1.165, 1.54) is 11.9 Å². The molecular weight excluding hydrogens is 314 g/mol. The summed E-state index contributed by atoms with van der Waals surface area (Å²) >= 11 is 0. The molecule has 1 saturated heterocycles. The lowest BCUT2D eigenvalue weighted by Gasteiger charge is -2.39. The number of fused-ring (bicyclic) bond motifs is 1. The molecule has 1 aliphatic heterocycles. The number of aliphatic hydroxyl groups is 1. The quantitative estimate of drug-likeness (QED) is 0.763. The number of pyridine rings is 1. The monoisotopic (exact) mass is 335 g/mol. The van der Waals surface area contributed by atoms with Gasteiger partial charge in [0.1, 0.15) is 18.0 Å². The number of aromatic nitrogens is 3. The van der Waals surface area contributed by atoms with Crippen molar-refractivity contribution in [3.63, 3.8) is 0 Å². The Morgan fingerprint density at radius 1 is 1.12 bits per heavy atom. The molecule has 4 rings (SSSR count). The van der Waals surface area contributed by atoms with Gasteiger partial charge in [0, 0.05) is 25.6 Å². The van der Waals surface area contributed by atoms with Crippen LogP contribution in [0.2, 0.25) is 0 Å². The van der Waals surface area contributed by atoms with Gasteiger partial charge >= 0.3 is 0 Å². The molecule has 3 heterocycles. The van der Waals surface area contributed by atoms with Crippen molar-refractivity contribution in [1.29, 1.82) is 0 Å². The number of rotatable bonds is 3. The number of anilines is 2. The normalized spacial score (nSPS) is 20.8. The van der Waals surface area contributed by atoms with Crippen molar-refractivity contribution in [1.82, 2.24) is 15.0 Å². The molecule has 6 nitrogen and oxygen atoms in total. The van der Waals surface area contributed by atoms with Crippen molar-refractivity contribution in [2.45, 2.75) is 12.3 Å². The predicted octanol–water partition coefficient (Wildman–Crippen LogP) is 2.21. The first-order chi connectivity index (χ1) is 12.3. The van der Waals surface area contributed by atoms with Crippen molar-refractivity contribution < 1.29 is 5.11 Å². The molecule has 0 bridgehead atoms. The highest BCUT2D eigenvalue weighted by molar-refractivity contribution is 5.87. The lowest BCUT2D eigenvalue weighted by Crippen LogP contribution is -2.41. The predicted molar refractivity (Wildman–Crippen MR) is 98.3 cm³/mol. The minimum absolute atomic E-state index is 0.157. The summed E-state index contributed by atoms with van der Waals surface area (Å²) in [7, 11) is 0. The Morgan fingerprint density at radius 3 is 2.76 bits per heavy atom. The molecular formula is C19H21N5O. The van der Waals surface area contributed by atoms with E-state index in [0.29, 0.717) is 17.4 Å².